The van der Waals surface area contributed by atoms with E-state index in [2.05, 4.69) is 19.2 Å². The van der Waals surface area contributed by atoms with Crippen LogP contribution < -0.4 is 5.32 Å². The maximum Gasteiger partial charge on any atom is 0.335 e. The van der Waals surface area contributed by atoms with Gasteiger partial charge in [0.05, 0.1) is 5.56 Å². The van der Waals surface area contributed by atoms with E-state index in [9.17, 15) is 4.79 Å². The number of benzene rings is 1. The summed E-state index contributed by atoms with van der Waals surface area (Å²) in [6.07, 6.45) is 1.14. The van der Waals surface area contributed by atoms with E-state index in [1.54, 1.807) is 6.07 Å². The van der Waals surface area contributed by atoms with Crippen molar-refractivity contribution in [3.8, 4) is 0 Å². The van der Waals surface area contributed by atoms with Crippen molar-refractivity contribution in [2.75, 3.05) is 11.9 Å². The minimum absolute atomic E-state index is 0.370. The Hall–Kier alpha value is -1.51. The molecule has 0 heterocycles. The van der Waals surface area contributed by atoms with Gasteiger partial charge in [-0.25, -0.2) is 4.79 Å². The summed E-state index contributed by atoms with van der Waals surface area (Å²) in [5.41, 5.74) is 2.15. The van der Waals surface area contributed by atoms with Gasteiger partial charge in [-0.2, -0.15) is 0 Å². The first kappa shape index (κ1) is 12.6. The molecular weight excluding hydrogens is 202 g/mol. The Kier molecular flexibility index (Phi) is 4.35. The first-order valence-electron chi connectivity index (χ1n) is 5.62. The van der Waals surface area contributed by atoms with Crippen molar-refractivity contribution in [2.45, 2.75) is 27.2 Å². The Bertz CT molecular complexity index is 374. The zero-order chi connectivity index (χ0) is 12.1. The number of hydrogen-bond acceptors (Lipinski definition) is 2. The maximum absolute atomic E-state index is 10.8. The average molecular weight is 221 g/mol. The Morgan fingerprint density at radius 2 is 2.19 bits per heavy atom. The molecule has 0 spiro atoms. The average Bonchev–Trinajstić information content (AvgIpc) is 2.25. The topological polar surface area (TPSA) is 49.3 Å². The lowest BCUT2D eigenvalue weighted by atomic mass is 10.1. The molecule has 1 rings (SSSR count). The predicted octanol–water partition coefficient (Wildman–Crippen LogP) is 3.15. The molecule has 88 valence electrons. The molecule has 0 aromatic heterocycles. The van der Waals surface area contributed by atoms with Gasteiger partial charge in [-0.05, 0) is 36.6 Å². The monoisotopic (exact) mass is 221 g/mol. The Morgan fingerprint density at radius 3 is 2.69 bits per heavy atom. The number of carboxylic acids is 1. The number of aromatic carboxylic acids is 1. The fourth-order valence-electron chi connectivity index (χ4n) is 1.45. The van der Waals surface area contributed by atoms with Crippen LogP contribution in [0.5, 0.6) is 0 Å². The van der Waals surface area contributed by atoms with Crippen LogP contribution in [-0.4, -0.2) is 17.6 Å². The molecule has 0 aliphatic heterocycles. The van der Waals surface area contributed by atoms with Crippen LogP contribution in [0, 0.1) is 12.8 Å². The highest BCUT2D eigenvalue weighted by molar-refractivity contribution is 5.89. The number of carbonyl (C=O) groups is 1. The first-order chi connectivity index (χ1) is 7.54. The second kappa shape index (κ2) is 5.54. The van der Waals surface area contributed by atoms with Gasteiger partial charge in [0.25, 0.3) is 0 Å². The summed E-state index contributed by atoms with van der Waals surface area (Å²) < 4.78 is 0. The van der Waals surface area contributed by atoms with E-state index in [1.807, 2.05) is 19.1 Å². The summed E-state index contributed by atoms with van der Waals surface area (Å²) in [6, 6.07) is 5.35. The molecule has 0 fully saturated rings. The van der Waals surface area contributed by atoms with Crippen LogP contribution in [0.3, 0.4) is 0 Å². The van der Waals surface area contributed by atoms with E-state index in [0.29, 0.717) is 11.5 Å². The Balaban J connectivity index is 2.70. The van der Waals surface area contributed by atoms with Crippen molar-refractivity contribution in [2.24, 2.45) is 5.92 Å². The Labute approximate surface area is 96.5 Å². The van der Waals surface area contributed by atoms with Crippen LogP contribution in [-0.2, 0) is 0 Å². The second-order valence-corrected chi connectivity index (χ2v) is 4.23. The molecule has 1 atom stereocenters. The quantitative estimate of drug-likeness (QED) is 0.803. The van der Waals surface area contributed by atoms with E-state index in [1.165, 1.54) is 0 Å². The van der Waals surface area contributed by atoms with Gasteiger partial charge in [0.15, 0.2) is 0 Å². The summed E-state index contributed by atoms with van der Waals surface area (Å²) in [7, 11) is 0. The lowest BCUT2D eigenvalue weighted by Crippen LogP contribution is -2.10. The molecule has 0 saturated heterocycles. The van der Waals surface area contributed by atoms with E-state index >= 15 is 0 Å². The van der Waals surface area contributed by atoms with Crippen LogP contribution >= 0.6 is 0 Å². The van der Waals surface area contributed by atoms with E-state index in [4.69, 9.17) is 5.11 Å². The fraction of sp³-hybridized carbons (Fsp3) is 0.462. The molecule has 3 nitrogen and oxygen atoms in total. The van der Waals surface area contributed by atoms with Crippen molar-refractivity contribution in [1.82, 2.24) is 0 Å². The third kappa shape index (κ3) is 3.26. The molecule has 16 heavy (non-hydrogen) atoms. The summed E-state index contributed by atoms with van der Waals surface area (Å²) >= 11 is 0. The number of carboxylic acid groups (broad SMARTS) is 1. The number of rotatable bonds is 5. The highest BCUT2D eigenvalue weighted by Gasteiger charge is 2.07. The van der Waals surface area contributed by atoms with Crippen LogP contribution in [0.4, 0.5) is 5.69 Å². The van der Waals surface area contributed by atoms with Crippen molar-refractivity contribution in [3.63, 3.8) is 0 Å². The molecule has 0 bridgehead atoms. The van der Waals surface area contributed by atoms with Gasteiger partial charge < -0.3 is 10.4 Å². The first-order valence-corrected chi connectivity index (χ1v) is 5.62. The standard InChI is InChI=1S/C13H19NO2/c1-4-9(2)8-14-11-5-6-12(13(15)16)10(3)7-11/h5-7,9,14H,4,8H2,1-3H3,(H,15,16). The lowest BCUT2D eigenvalue weighted by Gasteiger charge is -2.12. The minimum atomic E-state index is -0.869. The molecule has 0 saturated carbocycles. The summed E-state index contributed by atoms with van der Waals surface area (Å²) in [4.78, 5) is 10.8. The summed E-state index contributed by atoms with van der Waals surface area (Å²) in [5.74, 6) is -0.245. The third-order valence-corrected chi connectivity index (χ3v) is 2.81. The van der Waals surface area contributed by atoms with Gasteiger partial charge in [0, 0.05) is 12.2 Å². The smallest absolute Gasteiger partial charge is 0.335 e. The number of anilines is 1. The molecule has 0 aliphatic carbocycles. The van der Waals surface area contributed by atoms with Crippen LogP contribution in [0.15, 0.2) is 18.2 Å². The van der Waals surface area contributed by atoms with Gasteiger partial charge in [0.2, 0.25) is 0 Å². The highest BCUT2D eigenvalue weighted by Crippen LogP contribution is 2.15. The van der Waals surface area contributed by atoms with Crippen LogP contribution in [0.1, 0.15) is 36.2 Å². The van der Waals surface area contributed by atoms with Crippen LogP contribution in [0.25, 0.3) is 0 Å². The molecule has 0 aliphatic rings. The van der Waals surface area contributed by atoms with Gasteiger partial charge in [-0.3, -0.25) is 0 Å². The minimum Gasteiger partial charge on any atom is -0.478 e. The van der Waals surface area contributed by atoms with Crippen molar-refractivity contribution >= 4 is 11.7 Å². The fourth-order valence-corrected chi connectivity index (χ4v) is 1.45. The molecular formula is C13H19NO2. The molecule has 2 N–H and O–H groups in total. The molecule has 3 heteroatoms. The van der Waals surface area contributed by atoms with E-state index in [0.717, 1.165) is 24.2 Å². The van der Waals surface area contributed by atoms with E-state index < -0.39 is 5.97 Å². The third-order valence-electron chi connectivity index (χ3n) is 2.81. The second-order valence-electron chi connectivity index (χ2n) is 4.23. The van der Waals surface area contributed by atoms with Crippen molar-refractivity contribution < 1.29 is 9.90 Å². The highest BCUT2D eigenvalue weighted by atomic mass is 16.4. The molecule has 1 aromatic carbocycles. The summed E-state index contributed by atoms with van der Waals surface area (Å²) in [6.45, 7) is 7.08. The maximum atomic E-state index is 10.8. The van der Waals surface area contributed by atoms with Crippen molar-refractivity contribution in [3.05, 3.63) is 29.3 Å². The number of hydrogen-bond donors (Lipinski definition) is 2. The molecule has 0 radical (unpaired) electrons. The number of aryl methyl sites for hydroxylation is 1. The van der Waals surface area contributed by atoms with Gasteiger partial charge in [-0.1, -0.05) is 20.3 Å². The predicted molar refractivity (Wildman–Crippen MR) is 66.1 cm³/mol. The largest absolute Gasteiger partial charge is 0.478 e. The molecule has 1 unspecified atom stereocenters. The Morgan fingerprint density at radius 1 is 1.50 bits per heavy atom. The summed E-state index contributed by atoms with van der Waals surface area (Å²) in [5, 5.41) is 12.2. The zero-order valence-electron chi connectivity index (χ0n) is 10.1. The van der Waals surface area contributed by atoms with Gasteiger partial charge in [0.1, 0.15) is 0 Å². The lowest BCUT2D eigenvalue weighted by molar-refractivity contribution is 0.0696. The van der Waals surface area contributed by atoms with Gasteiger partial charge in [-0.15, -0.1) is 0 Å². The SMILES string of the molecule is CCC(C)CNc1ccc(C(=O)O)c(C)c1. The van der Waals surface area contributed by atoms with Gasteiger partial charge >= 0.3 is 5.97 Å². The number of nitrogens with one attached hydrogen (secondary N) is 1. The van der Waals surface area contributed by atoms with Crippen LogP contribution in [0.2, 0.25) is 0 Å². The molecule has 0 amide bonds. The zero-order valence-corrected chi connectivity index (χ0v) is 10.1. The molecule has 1 aromatic rings. The normalized spacial score (nSPS) is 12.2. The van der Waals surface area contributed by atoms with E-state index in [-0.39, 0.29) is 0 Å². The van der Waals surface area contributed by atoms with Crippen molar-refractivity contribution in [1.29, 1.82) is 0 Å².